The number of hydrogen-bond donors (Lipinski definition) is 2. The van der Waals surface area contributed by atoms with Crippen molar-refractivity contribution in [3.8, 4) is 0 Å². The van der Waals surface area contributed by atoms with Gasteiger partial charge in [0, 0.05) is 17.4 Å². The monoisotopic (exact) mass is 486 g/mol. The smallest absolute Gasteiger partial charge is 0.255 e. The fourth-order valence-electron chi connectivity index (χ4n) is 4.43. The number of thioether (sulfide) groups is 1. The van der Waals surface area contributed by atoms with Crippen LogP contribution in [0.1, 0.15) is 63.1 Å². The number of nitrogens with one attached hydrogen (secondary N) is 2. The zero-order chi connectivity index (χ0) is 24.5. The molecule has 0 aromatic heterocycles. The van der Waals surface area contributed by atoms with Crippen LogP contribution < -0.4 is 10.6 Å². The summed E-state index contributed by atoms with van der Waals surface area (Å²) in [6, 6.07) is 17.8. The predicted octanol–water partition coefficient (Wildman–Crippen LogP) is 5.69. The Hall–Kier alpha value is -3.32. The first-order valence-corrected chi connectivity index (χ1v) is 13.0. The predicted molar refractivity (Wildman–Crippen MR) is 142 cm³/mol. The van der Waals surface area contributed by atoms with E-state index in [0.717, 1.165) is 35.0 Å². The minimum absolute atomic E-state index is 0.0102. The highest BCUT2D eigenvalue weighted by Crippen LogP contribution is 2.45. The molecule has 1 aliphatic carbocycles. The Morgan fingerprint density at radius 3 is 2.46 bits per heavy atom. The van der Waals surface area contributed by atoms with E-state index in [4.69, 9.17) is 4.99 Å². The molecule has 3 aliphatic rings. The molecule has 0 saturated heterocycles. The molecule has 0 radical (unpaired) electrons. The van der Waals surface area contributed by atoms with Crippen LogP contribution in [-0.4, -0.2) is 27.9 Å². The highest BCUT2D eigenvalue weighted by atomic mass is 32.2. The van der Waals surface area contributed by atoms with Gasteiger partial charge in [-0.15, -0.1) is 0 Å². The number of carbonyl (C=O) groups is 2. The maximum atomic E-state index is 13.6. The molecule has 2 amide bonds. The lowest BCUT2D eigenvalue weighted by atomic mass is 9.91. The number of fused-ring (bicyclic) bond motifs is 1. The maximum absolute atomic E-state index is 13.6. The Morgan fingerprint density at radius 1 is 1.09 bits per heavy atom. The highest BCUT2D eigenvalue weighted by Gasteiger charge is 2.40. The molecule has 0 bridgehead atoms. The molecule has 1 atom stereocenters. The van der Waals surface area contributed by atoms with E-state index in [1.54, 1.807) is 0 Å². The second-order valence-corrected chi connectivity index (χ2v) is 10.4. The highest BCUT2D eigenvalue weighted by molar-refractivity contribution is 8.16. The summed E-state index contributed by atoms with van der Waals surface area (Å²) in [5, 5.41) is 8.91. The maximum Gasteiger partial charge on any atom is 0.255 e. The number of anilines is 1. The van der Waals surface area contributed by atoms with Gasteiger partial charge in [-0.3, -0.25) is 9.59 Å². The number of allylic oxidation sites excluding steroid dienone is 1. The summed E-state index contributed by atoms with van der Waals surface area (Å²) in [5.41, 5.74) is 5.11. The van der Waals surface area contributed by atoms with Crippen LogP contribution in [0, 0.1) is 0 Å². The number of carbonyl (C=O) groups excluding carboxylic acids is 2. The average molecular weight is 487 g/mol. The van der Waals surface area contributed by atoms with E-state index in [9.17, 15) is 9.59 Å². The number of rotatable bonds is 7. The van der Waals surface area contributed by atoms with Crippen molar-refractivity contribution in [2.24, 2.45) is 4.99 Å². The molecule has 35 heavy (non-hydrogen) atoms. The zero-order valence-electron chi connectivity index (χ0n) is 20.2. The van der Waals surface area contributed by atoms with Gasteiger partial charge in [-0.2, -0.15) is 0 Å². The molecular weight excluding hydrogens is 456 g/mol. The van der Waals surface area contributed by atoms with E-state index >= 15 is 0 Å². The van der Waals surface area contributed by atoms with Crippen LogP contribution in [0.2, 0.25) is 0 Å². The molecule has 2 aromatic rings. The van der Waals surface area contributed by atoms with Crippen LogP contribution in [0.25, 0.3) is 0 Å². The molecule has 2 N–H and O–H groups in total. The molecule has 0 spiro atoms. The second-order valence-electron chi connectivity index (χ2n) is 9.55. The number of benzene rings is 2. The lowest BCUT2D eigenvalue weighted by Gasteiger charge is -2.36. The van der Waals surface area contributed by atoms with Gasteiger partial charge in [0.25, 0.3) is 5.91 Å². The number of para-hydroxylation sites is 1. The summed E-state index contributed by atoms with van der Waals surface area (Å²) >= 11 is 1.51. The Balaban J connectivity index is 1.51. The minimum atomic E-state index is -0.373. The standard InChI is InChI=1S/C28H30N4O2S/c1-17(2)19-9-11-20(12-10-19)26-25(27(34)31-21-7-5-4-6-8-21)18(3)29-28-32(26)23(16-35-28)15-24(33)30-22-13-14-22/h4-12,16-17,22,26H,13-15H2,1-3H3,(H,30,33)(H,31,34)/t26-/m1/s1. The fourth-order valence-corrected chi connectivity index (χ4v) is 5.39. The molecule has 180 valence electrons. The normalized spacial score (nSPS) is 19.3. The van der Waals surface area contributed by atoms with Crippen LogP contribution in [-0.2, 0) is 9.59 Å². The van der Waals surface area contributed by atoms with Crippen molar-refractivity contribution in [3.05, 3.63) is 88.1 Å². The molecule has 7 heteroatoms. The summed E-state index contributed by atoms with van der Waals surface area (Å²) < 4.78 is 0. The van der Waals surface area contributed by atoms with Gasteiger partial charge in [0.15, 0.2) is 5.17 Å². The van der Waals surface area contributed by atoms with Crippen molar-refractivity contribution < 1.29 is 9.59 Å². The Kier molecular flexibility index (Phi) is 6.52. The van der Waals surface area contributed by atoms with Gasteiger partial charge < -0.3 is 15.5 Å². The molecule has 1 saturated carbocycles. The first-order chi connectivity index (χ1) is 16.9. The molecule has 5 rings (SSSR count). The van der Waals surface area contributed by atoms with Crippen molar-refractivity contribution >= 4 is 34.4 Å². The summed E-state index contributed by atoms with van der Waals surface area (Å²) in [6.45, 7) is 6.22. The topological polar surface area (TPSA) is 73.8 Å². The third kappa shape index (κ3) is 5.05. The third-order valence-corrected chi connectivity index (χ3v) is 7.37. The fraction of sp³-hybridized carbons (Fsp3) is 0.321. The number of hydrogen-bond acceptors (Lipinski definition) is 5. The van der Waals surface area contributed by atoms with E-state index in [-0.39, 0.29) is 24.3 Å². The lowest BCUT2D eigenvalue weighted by molar-refractivity contribution is -0.120. The van der Waals surface area contributed by atoms with Crippen LogP contribution >= 0.6 is 11.8 Å². The van der Waals surface area contributed by atoms with Gasteiger partial charge in [0.05, 0.1) is 23.7 Å². The quantitative estimate of drug-likeness (QED) is 0.527. The number of amidine groups is 1. The average Bonchev–Trinajstić information content (AvgIpc) is 3.57. The first kappa shape index (κ1) is 23.4. The molecule has 2 aromatic carbocycles. The van der Waals surface area contributed by atoms with Crippen LogP contribution in [0.5, 0.6) is 0 Å². The van der Waals surface area contributed by atoms with E-state index < -0.39 is 0 Å². The van der Waals surface area contributed by atoms with Gasteiger partial charge in [0.2, 0.25) is 5.91 Å². The molecular formula is C28H30N4O2S. The summed E-state index contributed by atoms with van der Waals surface area (Å²) in [6.07, 6.45) is 2.36. The summed E-state index contributed by atoms with van der Waals surface area (Å²) in [5.74, 6) is 0.235. The van der Waals surface area contributed by atoms with Crippen molar-refractivity contribution in [1.82, 2.24) is 10.2 Å². The number of amides is 2. The van der Waals surface area contributed by atoms with Gasteiger partial charge in [-0.05, 0) is 54.4 Å². The zero-order valence-corrected chi connectivity index (χ0v) is 21.1. The van der Waals surface area contributed by atoms with Crippen molar-refractivity contribution in [2.45, 2.75) is 58.0 Å². The van der Waals surface area contributed by atoms with Gasteiger partial charge in [-0.1, -0.05) is 68.1 Å². The number of aliphatic imine (C=N–C) groups is 1. The summed E-state index contributed by atoms with van der Waals surface area (Å²) in [4.78, 5) is 33.2. The Bertz CT molecular complexity index is 1230. The van der Waals surface area contributed by atoms with Crippen LogP contribution in [0.15, 0.2) is 82.0 Å². The van der Waals surface area contributed by atoms with Crippen molar-refractivity contribution in [2.75, 3.05) is 5.32 Å². The van der Waals surface area contributed by atoms with E-state index in [2.05, 4.69) is 53.6 Å². The molecule has 1 fully saturated rings. The summed E-state index contributed by atoms with van der Waals surface area (Å²) in [7, 11) is 0. The van der Waals surface area contributed by atoms with Crippen molar-refractivity contribution in [1.29, 1.82) is 0 Å². The van der Waals surface area contributed by atoms with E-state index in [1.165, 1.54) is 17.3 Å². The lowest BCUT2D eigenvalue weighted by Crippen LogP contribution is -2.39. The molecule has 0 unspecified atom stereocenters. The third-order valence-electron chi connectivity index (χ3n) is 6.48. The number of nitrogens with zero attached hydrogens (tertiary/aromatic N) is 2. The largest absolute Gasteiger partial charge is 0.353 e. The van der Waals surface area contributed by atoms with Gasteiger partial charge in [0.1, 0.15) is 0 Å². The van der Waals surface area contributed by atoms with Gasteiger partial charge in [-0.25, -0.2) is 4.99 Å². The van der Waals surface area contributed by atoms with Gasteiger partial charge >= 0.3 is 0 Å². The molecule has 6 nitrogen and oxygen atoms in total. The van der Waals surface area contributed by atoms with Crippen LogP contribution in [0.3, 0.4) is 0 Å². The second kappa shape index (κ2) is 9.74. The Morgan fingerprint density at radius 2 is 1.80 bits per heavy atom. The molecule has 2 heterocycles. The van der Waals surface area contributed by atoms with Crippen molar-refractivity contribution in [3.63, 3.8) is 0 Å². The molecule has 2 aliphatic heterocycles. The Labute approximate surface area is 210 Å². The van der Waals surface area contributed by atoms with Crippen LogP contribution in [0.4, 0.5) is 5.69 Å². The minimum Gasteiger partial charge on any atom is -0.353 e. The van der Waals surface area contributed by atoms with E-state index in [1.807, 2.05) is 42.7 Å². The SMILES string of the molecule is CC1=C(C(=O)Nc2ccccc2)[C@@H](c2ccc(C(C)C)cc2)N2C(CC(=O)NC3CC3)=CSC2=N1. The van der Waals surface area contributed by atoms with E-state index in [0.29, 0.717) is 23.2 Å². The first-order valence-electron chi connectivity index (χ1n) is 12.1.